The Hall–Kier alpha value is -2.68. The summed E-state index contributed by atoms with van der Waals surface area (Å²) in [6.07, 6.45) is 1.50. The second-order valence-corrected chi connectivity index (χ2v) is 11.1. The molecule has 1 unspecified atom stereocenters. The maximum absolute atomic E-state index is 13.6. The average Bonchev–Trinajstić information content (AvgIpc) is 3.17. The van der Waals surface area contributed by atoms with Crippen molar-refractivity contribution in [2.24, 2.45) is 0 Å². The van der Waals surface area contributed by atoms with E-state index >= 15 is 0 Å². The van der Waals surface area contributed by atoms with Crippen LogP contribution in [-0.2, 0) is 20.8 Å². The Bertz CT molecular complexity index is 1410. The molecule has 0 aliphatic carbocycles. The fourth-order valence-corrected chi connectivity index (χ4v) is 6.46. The zero-order chi connectivity index (χ0) is 22.9. The Balaban J connectivity index is 1.87. The minimum atomic E-state index is -3.90. The first-order valence-electron chi connectivity index (χ1n) is 10.4. The molecule has 0 spiro atoms. The summed E-state index contributed by atoms with van der Waals surface area (Å²) in [6, 6.07) is 17.9. The van der Waals surface area contributed by atoms with Crippen LogP contribution in [0.5, 0.6) is 5.75 Å². The minimum absolute atomic E-state index is 0.188. The molecule has 0 radical (unpaired) electrons. The summed E-state index contributed by atoms with van der Waals surface area (Å²) >= 11 is 0. The molecule has 0 saturated carbocycles. The van der Waals surface area contributed by atoms with E-state index in [1.165, 1.54) is 10.2 Å². The zero-order valence-corrected chi connectivity index (χ0v) is 19.9. The van der Waals surface area contributed by atoms with Crippen LogP contribution in [0.1, 0.15) is 6.92 Å². The van der Waals surface area contributed by atoms with E-state index in [1.807, 2.05) is 50.2 Å². The third-order valence-corrected chi connectivity index (χ3v) is 8.30. The van der Waals surface area contributed by atoms with Crippen LogP contribution in [0.4, 0.5) is 0 Å². The Morgan fingerprint density at radius 1 is 1.00 bits per heavy atom. The van der Waals surface area contributed by atoms with Crippen molar-refractivity contribution in [2.45, 2.75) is 16.7 Å². The molecular formula is C24H26N2O4S2. The van der Waals surface area contributed by atoms with E-state index in [1.54, 1.807) is 36.4 Å². The molecule has 0 bridgehead atoms. The number of ether oxygens (including phenoxy) is 1. The van der Waals surface area contributed by atoms with Crippen LogP contribution in [0.15, 0.2) is 76.7 Å². The van der Waals surface area contributed by atoms with Crippen molar-refractivity contribution in [1.29, 1.82) is 0 Å². The molecule has 0 aliphatic rings. The molecule has 0 aliphatic heterocycles. The number of fused-ring (bicyclic) bond motifs is 2. The van der Waals surface area contributed by atoms with Gasteiger partial charge in [-0.15, -0.1) is 0 Å². The first-order valence-corrected chi connectivity index (χ1v) is 13.1. The van der Waals surface area contributed by atoms with Crippen molar-refractivity contribution in [3.8, 4) is 5.75 Å². The lowest BCUT2D eigenvalue weighted by Gasteiger charge is -2.09. The lowest BCUT2D eigenvalue weighted by Crippen LogP contribution is -2.19. The third-order valence-electron chi connectivity index (χ3n) is 5.26. The van der Waals surface area contributed by atoms with Gasteiger partial charge in [0.25, 0.3) is 10.0 Å². The molecule has 4 aromatic rings. The van der Waals surface area contributed by atoms with Gasteiger partial charge in [0.2, 0.25) is 0 Å². The molecule has 0 fully saturated rings. The topological polar surface area (TPSA) is 68.6 Å². The highest BCUT2D eigenvalue weighted by Crippen LogP contribution is 2.32. The smallest absolute Gasteiger partial charge is 0.268 e. The summed E-state index contributed by atoms with van der Waals surface area (Å²) in [7, 11) is -1.43. The van der Waals surface area contributed by atoms with Gasteiger partial charge in [-0.05, 0) is 62.1 Å². The van der Waals surface area contributed by atoms with E-state index in [0.717, 1.165) is 10.8 Å². The van der Waals surface area contributed by atoms with E-state index in [9.17, 15) is 12.6 Å². The van der Waals surface area contributed by atoms with Gasteiger partial charge in [-0.1, -0.05) is 30.3 Å². The minimum Gasteiger partial charge on any atom is -0.494 e. The Morgan fingerprint density at radius 3 is 2.47 bits per heavy atom. The number of hydrogen-bond acceptors (Lipinski definition) is 5. The monoisotopic (exact) mass is 470 g/mol. The standard InChI is InChI=1S/C24H26N2O4S2/c1-4-30-20-10-12-23-22(16-20)24(31(27)14-13-25(2)3)17-26(23)32(28,29)21-11-9-18-7-5-6-8-19(18)15-21/h5-12,15-17H,4,13-14H2,1-3H3. The van der Waals surface area contributed by atoms with E-state index in [-0.39, 0.29) is 4.90 Å². The number of aromatic nitrogens is 1. The highest BCUT2D eigenvalue weighted by Gasteiger charge is 2.24. The quantitative estimate of drug-likeness (QED) is 0.388. The van der Waals surface area contributed by atoms with Gasteiger partial charge in [-0.2, -0.15) is 0 Å². The number of rotatable bonds is 8. The van der Waals surface area contributed by atoms with E-state index in [2.05, 4.69) is 0 Å². The summed E-state index contributed by atoms with van der Waals surface area (Å²) < 4.78 is 47.2. The van der Waals surface area contributed by atoms with Crippen molar-refractivity contribution < 1.29 is 17.4 Å². The second kappa shape index (κ2) is 9.05. The van der Waals surface area contributed by atoms with Gasteiger partial charge in [0, 0.05) is 23.9 Å². The van der Waals surface area contributed by atoms with Crippen molar-refractivity contribution in [2.75, 3.05) is 33.0 Å². The van der Waals surface area contributed by atoms with Gasteiger partial charge >= 0.3 is 0 Å². The van der Waals surface area contributed by atoms with Gasteiger partial charge in [-0.3, -0.25) is 4.21 Å². The van der Waals surface area contributed by atoms with Crippen molar-refractivity contribution >= 4 is 42.5 Å². The Morgan fingerprint density at radius 2 is 1.75 bits per heavy atom. The van der Waals surface area contributed by atoms with Gasteiger partial charge < -0.3 is 9.64 Å². The van der Waals surface area contributed by atoms with Crippen molar-refractivity contribution in [1.82, 2.24) is 8.87 Å². The van der Waals surface area contributed by atoms with Crippen LogP contribution in [0.3, 0.4) is 0 Å². The largest absolute Gasteiger partial charge is 0.494 e. The van der Waals surface area contributed by atoms with E-state index in [4.69, 9.17) is 4.74 Å². The number of hydrogen-bond donors (Lipinski definition) is 0. The van der Waals surface area contributed by atoms with Crippen LogP contribution < -0.4 is 4.74 Å². The predicted octanol–water partition coefficient (Wildman–Crippen LogP) is 4.10. The van der Waals surface area contributed by atoms with Crippen LogP contribution in [0.2, 0.25) is 0 Å². The van der Waals surface area contributed by atoms with E-state index < -0.39 is 20.8 Å². The molecule has 4 rings (SSSR count). The summed E-state index contributed by atoms with van der Waals surface area (Å²) in [6.45, 7) is 3.00. The zero-order valence-electron chi connectivity index (χ0n) is 18.3. The van der Waals surface area contributed by atoms with Crippen molar-refractivity contribution in [3.05, 3.63) is 66.9 Å². The molecule has 0 saturated heterocycles. The van der Waals surface area contributed by atoms with Gasteiger partial charge in [0.05, 0.1) is 32.7 Å². The average molecular weight is 471 g/mol. The first-order chi connectivity index (χ1) is 15.3. The molecular weight excluding hydrogens is 444 g/mol. The summed E-state index contributed by atoms with van der Waals surface area (Å²) in [5, 5.41) is 2.44. The number of benzene rings is 3. The lowest BCUT2D eigenvalue weighted by atomic mass is 10.1. The molecule has 0 N–H and O–H groups in total. The molecule has 168 valence electrons. The first kappa shape index (κ1) is 22.5. The van der Waals surface area contributed by atoms with Gasteiger partial charge in [-0.25, -0.2) is 12.4 Å². The maximum Gasteiger partial charge on any atom is 0.268 e. The molecule has 1 atom stereocenters. The van der Waals surface area contributed by atoms with Gasteiger partial charge in [0.1, 0.15) is 5.75 Å². The summed E-state index contributed by atoms with van der Waals surface area (Å²) in [4.78, 5) is 2.63. The van der Waals surface area contributed by atoms with Crippen LogP contribution in [0, 0.1) is 0 Å². The van der Waals surface area contributed by atoms with Crippen LogP contribution in [-0.4, -0.2) is 54.5 Å². The fourth-order valence-electron chi connectivity index (χ4n) is 3.60. The summed E-state index contributed by atoms with van der Waals surface area (Å²) in [5.74, 6) is 1.02. The predicted molar refractivity (Wildman–Crippen MR) is 129 cm³/mol. The highest BCUT2D eigenvalue weighted by molar-refractivity contribution is 7.90. The molecule has 32 heavy (non-hydrogen) atoms. The maximum atomic E-state index is 13.6. The Kier molecular flexibility index (Phi) is 6.37. The highest BCUT2D eigenvalue weighted by atomic mass is 32.2. The molecule has 8 heteroatoms. The molecule has 0 amide bonds. The summed E-state index contributed by atoms with van der Waals surface area (Å²) in [5.41, 5.74) is 0.481. The third kappa shape index (κ3) is 4.30. The van der Waals surface area contributed by atoms with Crippen LogP contribution >= 0.6 is 0 Å². The Labute approximate surface area is 190 Å². The molecule has 6 nitrogen and oxygen atoms in total. The van der Waals surface area contributed by atoms with Gasteiger partial charge in [0.15, 0.2) is 0 Å². The number of nitrogens with zero attached hydrogens (tertiary/aromatic N) is 2. The van der Waals surface area contributed by atoms with Crippen LogP contribution in [0.25, 0.3) is 21.7 Å². The van der Waals surface area contributed by atoms with E-state index in [0.29, 0.717) is 40.5 Å². The fraction of sp³-hybridized carbons (Fsp3) is 0.250. The normalized spacial score (nSPS) is 13.1. The lowest BCUT2D eigenvalue weighted by molar-refractivity contribution is 0.340. The molecule has 3 aromatic carbocycles. The molecule has 1 aromatic heterocycles. The molecule has 1 heterocycles. The van der Waals surface area contributed by atoms with Crippen molar-refractivity contribution in [3.63, 3.8) is 0 Å². The second-order valence-electron chi connectivity index (χ2n) is 7.77. The SMILES string of the molecule is CCOc1ccc2c(c1)c(S(=O)CCN(C)C)cn2S(=O)(=O)c1ccc2ccccc2c1.